The number of nitrogens with two attached hydrogens (primary N) is 1. The molecule has 16 heavy (non-hydrogen) atoms. The lowest BCUT2D eigenvalue weighted by Crippen LogP contribution is -2.46. The number of rotatable bonds is 3. The molecule has 2 aliphatic rings. The molecule has 0 aromatic carbocycles. The molecule has 0 aromatic heterocycles. The van der Waals surface area contributed by atoms with Crippen LogP contribution in [0.15, 0.2) is 0 Å². The Morgan fingerprint density at radius 3 is 3.06 bits per heavy atom. The molecule has 0 spiro atoms. The molecule has 92 valence electrons. The number of hydrogen-bond donors (Lipinski definition) is 2. The van der Waals surface area contributed by atoms with Crippen LogP contribution in [0, 0.1) is 5.41 Å². The third kappa shape index (κ3) is 1.79. The maximum absolute atomic E-state index is 12.0. The van der Waals surface area contributed by atoms with Crippen LogP contribution in [0.25, 0.3) is 0 Å². The van der Waals surface area contributed by atoms with E-state index in [1.807, 2.05) is 4.90 Å². The van der Waals surface area contributed by atoms with E-state index in [1.54, 1.807) is 0 Å². The average molecular weight is 225 g/mol. The van der Waals surface area contributed by atoms with Crippen LogP contribution >= 0.6 is 0 Å². The second-order valence-corrected chi connectivity index (χ2v) is 5.15. The van der Waals surface area contributed by atoms with Crippen molar-refractivity contribution >= 4 is 6.03 Å². The van der Waals surface area contributed by atoms with Crippen molar-refractivity contribution in [2.24, 2.45) is 11.1 Å². The summed E-state index contributed by atoms with van der Waals surface area (Å²) in [6.07, 6.45) is 5.64. The highest BCUT2D eigenvalue weighted by atomic mass is 16.2. The van der Waals surface area contributed by atoms with Crippen molar-refractivity contribution in [2.75, 3.05) is 19.6 Å². The summed E-state index contributed by atoms with van der Waals surface area (Å²) in [5.41, 5.74) is 6.15. The minimum atomic E-state index is 0.115. The molecule has 3 N–H and O–H groups in total. The van der Waals surface area contributed by atoms with Gasteiger partial charge in [-0.15, -0.1) is 0 Å². The Labute approximate surface area is 97.6 Å². The molecule has 1 aliphatic heterocycles. The molecule has 1 aliphatic carbocycles. The maximum Gasteiger partial charge on any atom is 0.317 e. The fraction of sp³-hybridized carbons (Fsp3) is 0.917. The van der Waals surface area contributed by atoms with Crippen LogP contribution in [0.5, 0.6) is 0 Å². The van der Waals surface area contributed by atoms with E-state index < -0.39 is 0 Å². The lowest BCUT2D eigenvalue weighted by Gasteiger charge is -2.31. The number of carbonyl (C=O) groups excluding carboxylic acids is 1. The number of nitrogens with one attached hydrogen (secondary N) is 1. The van der Waals surface area contributed by atoms with Gasteiger partial charge >= 0.3 is 6.03 Å². The summed E-state index contributed by atoms with van der Waals surface area (Å²) < 4.78 is 0. The predicted molar refractivity (Wildman–Crippen MR) is 64.1 cm³/mol. The van der Waals surface area contributed by atoms with Crippen molar-refractivity contribution < 1.29 is 4.79 Å². The van der Waals surface area contributed by atoms with Crippen molar-refractivity contribution in [3.8, 4) is 0 Å². The highest BCUT2D eigenvalue weighted by molar-refractivity contribution is 5.75. The summed E-state index contributed by atoms with van der Waals surface area (Å²) >= 11 is 0. The zero-order valence-electron chi connectivity index (χ0n) is 10.2. The predicted octanol–water partition coefficient (Wildman–Crippen LogP) is 1.31. The Morgan fingerprint density at radius 1 is 1.56 bits per heavy atom. The van der Waals surface area contributed by atoms with Crippen LogP contribution in [-0.4, -0.2) is 36.6 Å². The minimum absolute atomic E-state index is 0.115. The number of likely N-dealkylation sites (tertiary alicyclic amines) is 1. The molecule has 2 rings (SSSR count). The number of urea groups is 1. The van der Waals surface area contributed by atoms with Gasteiger partial charge in [0.15, 0.2) is 0 Å². The van der Waals surface area contributed by atoms with E-state index in [0.29, 0.717) is 6.04 Å². The summed E-state index contributed by atoms with van der Waals surface area (Å²) in [5.74, 6) is 0. The quantitative estimate of drug-likeness (QED) is 0.761. The van der Waals surface area contributed by atoms with E-state index in [-0.39, 0.29) is 11.4 Å². The van der Waals surface area contributed by atoms with Crippen molar-refractivity contribution in [3.05, 3.63) is 0 Å². The molecule has 0 bridgehead atoms. The fourth-order valence-corrected chi connectivity index (χ4v) is 3.31. The van der Waals surface area contributed by atoms with Gasteiger partial charge in [0.25, 0.3) is 0 Å². The number of nitrogens with zero attached hydrogens (tertiary/aromatic N) is 1. The summed E-state index contributed by atoms with van der Waals surface area (Å²) in [6, 6.07) is 0.512. The highest BCUT2D eigenvalue weighted by Crippen LogP contribution is 2.47. The molecular weight excluding hydrogens is 202 g/mol. The monoisotopic (exact) mass is 225 g/mol. The van der Waals surface area contributed by atoms with Crippen molar-refractivity contribution in [1.29, 1.82) is 0 Å². The van der Waals surface area contributed by atoms with E-state index in [1.165, 1.54) is 12.8 Å². The van der Waals surface area contributed by atoms with Gasteiger partial charge < -0.3 is 16.0 Å². The van der Waals surface area contributed by atoms with Crippen LogP contribution in [0.3, 0.4) is 0 Å². The number of fused-ring (bicyclic) bond motifs is 1. The molecule has 2 atom stereocenters. The molecule has 0 unspecified atom stereocenters. The van der Waals surface area contributed by atoms with Gasteiger partial charge in [0, 0.05) is 24.5 Å². The van der Waals surface area contributed by atoms with Crippen LogP contribution in [0.2, 0.25) is 0 Å². The van der Waals surface area contributed by atoms with Crippen LogP contribution in [-0.2, 0) is 0 Å². The largest absolute Gasteiger partial charge is 0.338 e. The second kappa shape index (κ2) is 4.62. The average Bonchev–Trinajstić information content (AvgIpc) is 2.83. The molecule has 0 aromatic rings. The van der Waals surface area contributed by atoms with Crippen molar-refractivity contribution in [2.45, 2.75) is 45.1 Å². The first-order valence-electron chi connectivity index (χ1n) is 6.48. The molecule has 4 heteroatoms. The molecule has 0 radical (unpaired) electrons. The van der Waals surface area contributed by atoms with Crippen molar-refractivity contribution in [1.82, 2.24) is 10.2 Å². The standard InChI is InChI=1S/C12H23N3O/c1-2-7-14-11(16)15-8-6-12(9-13)5-3-4-10(12)15/h10H,2-9,13H2,1H3,(H,14,16)/t10-,12-/m1/s1. The second-order valence-electron chi connectivity index (χ2n) is 5.15. The minimum Gasteiger partial charge on any atom is -0.338 e. The molecule has 4 nitrogen and oxygen atoms in total. The first-order valence-corrected chi connectivity index (χ1v) is 6.48. The first-order chi connectivity index (χ1) is 7.73. The molecular formula is C12H23N3O. The van der Waals surface area contributed by atoms with Gasteiger partial charge in [-0.25, -0.2) is 4.79 Å². The maximum atomic E-state index is 12.0. The van der Waals surface area contributed by atoms with E-state index in [0.717, 1.165) is 38.9 Å². The number of carbonyl (C=O) groups is 1. The zero-order chi connectivity index (χ0) is 11.6. The molecule has 2 fully saturated rings. The van der Waals surface area contributed by atoms with Gasteiger partial charge in [0.05, 0.1) is 0 Å². The third-order valence-corrected chi connectivity index (χ3v) is 4.28. The van der Waals surface area contributed by atoms with E-state index in [9.17, 15) is 4.79 Å². The van der Waals surface area contributed by atoms with Gasteiger partial charge in [-0.2, -0.15) is 0 Å². The Balaban J connectivity index is 2.00. The molecule has 1 saturated carbocycles. The Hall–Kier alpha value is -0.770. The molecule has 1 heterocycles. The summed E-state index contributed by atoms with van der Waals surface area (Å²) in [4.78, 5) is 14.0. The summed E-state index contributed by atoms with van der Waals surface area (Å²) in [7, 11) is 0. The topological polar surface area (TPSA) is 58.4 Å². The first kappa shape index (κ1) is 11.7. The lowest BCUT2D eigenvalue weighted by atomic mass is 9.82. The van der Waals surface area contributed by atoms with Crippen molar-refractivity contribution in [3.63, 3.8) is 0 Å². The Bertz CT molecular complexity index is 269. The van der Waals surface area contributed by atoms with Gasteiger partial charge in [-0.1, -0.05) is 13.3 Å². The van der Waals surface area contributed by atoms with E-state index >= 15 is 0 Å². The number of hydrogen-bond acceptors (Lipinski definition) is 2. The van der Waals surface area contributed by atoms with E-state index in [4.69, 9.17) is 5.73 Å². The Kier molecular flexibility index (Phi) is 3.38. The molecule has 2 amide bonds. The summed E-state index contributed by atoms with van der Waals surface area (Å²) in [5, 5.41) is 2.97. The zero-order valence-corrected chi connectivity index (χ0v) is 10.2. The normalized spacial score (nSPS) is 32.9. The third-order valence-electron chi connectivity index (χ3n) is 4.28. The fourth-order valence-electron chi connectivity index (χ4n) is 3.31. The smallest absolute Gasteiger partial charge is 0.317 e. The lowest BCUT2D eigenvalue weighted by molar-refractivity contribution is 0.173. The van der Waals surface area contributed by atoms with Crippen LogP contribution in [0.1, 0.15) is 39.0 Å². The SMILES string of the molecule is CCCNC(=O)N1CC[C@@]2(CN)CCC[C@@H]12. The van der Waals surface area contributed by atoms with Crippen LogP contribution < -0.4 is 11.1 Å². The van der Waals surface area contributed by atoms with Gasteiger partial charge in [-0.05, 0) is 32.2 Å². The van der Waals surface area contributed by atoms with Gasteiger partial charge in [0.1, 0.15) is 0 Å². The van der Waals surface area contributed by atoms with Crippen LogP contribution in [0.4, 0.5) is 4.79 Å². The van der Waals surface area contributed by atoms with E-state index in [2.05, 4.69) is 12.2 Å². The summed E-state index contributed by atoms with van der Waals surface area (Å²) in [6.45, 7) is 4.47. The van der Waals surface area contributed by atoms with Gasteiger partial charge in [-0.3, -0.25) is 0 Å². The molecule has 1 saturated heterocycles. The Morgan fingerprint density at radius 2 is 2.38 bits per heavy atom. The highest BCUT2D eigenvalue weighted by Gasteiger charge is 2.50. The van der Waals surface area contributed by atoms with Gasteiger partial charge in [0.2, 0.25) is 0 Å². The number of amides is 2.